The number of halogens is 4. The van der Waals surface area contributed by atoms with Crippen LogP contribution in [0.25, 0.3) is 0 Å². The van der Waals surface area contributed by atoms with Gasteiger partial charge in [0.1, 0.15) is 23.1 Å². The summed E-state index contributed by atoms with van der Waals surface area (Å²) in [6.45, 7) is 5.52. The molecule has 6 N–H and O–H groups in total. The smallest absolute Gasteiger partial charge is 0.327 e. The Kier molecular flexibility index (Phi) is 7.62. The zero-order chi connectivity index (χ0) is 32.5. The summed E-state index contributed by atoms with van der Waals surface area (Å²) in [5.74, 6) is -7.50. The Morgan fingerprint density at radius 2 is 1.70 bits per heavy atom. The highest BCUT2D eigenvalue weighted by Gasteiger charge is 2.70. The van der Waals surface area contributed by atoms with Gasteiger partial charge in [-0.1, -0.05) is 56.1 Å². The number of hydrogen-bond acceptors (Lipinski definition) is 5. The number of carboxylic acids is 1. The van der Waals surface area contributed by atoms with Gasteiger partial charge in [0.25, 0.3) is 5.91 Å². The van der Waals surface area contributed by atoms with E-state index in [-0.39, 0.29) is 50.1 Å². The minimum Gasteiger partial charge on any atom is -0.480 e. The van der Waals surface area contributed by atoms with E-state index in [0.29, 0.717) is 0 Å². The number of hydrogen-bond donors (Lipinski definition) is 4. The fourth-order valence-electron chi connectivity index (χ4n) is 6.71. The van der Waals surface area contributed by atoms with E-state index in [1.54, 1.807) is 0 Å². The molecule has 2 aliphatic rings. The number of anilines is 2. The average Bonchev–Trinajstić information content (AvgIpc) is 3.36. The summed E-state index contributed by atoms with van der Waals surface area (Å²) in [7, 11) is 0. The van der Waals surface area contributed by atoms with Gasteiger partial charge in [0, 0.05) is 23.2 Å². The first-order valence-electron chi connectivity index (χ1n) is 13.5. The van der Waals surface area contributed by atoms with Crippen molar-refractivity contribution in [2.24, 2.45) is 16.9 Å². The lowest BCUT2D eigenvalue weighted by Crippen LogP contribution is -2.51. The SMILES string of the molecule is CC(C)(C)C[C@@H]1N(c2cc(C(N)=O)ccc2C(N)=O)[C@@H](C(=O)O)[C@H](c2cccc(Cl)c2F)C12C(=O)Nc1cc(Cl)c(F)cc12. The summed E-state index contributed by atoms with van der Waals surface area (Å²) in [5, 5.41) is 13.0. The van der Waals surface area contributed by atoms with Gasteiger partial charge in [-0.3, -0.25) is 14.4 Å². The molecule has 5 rings (SSSR count). The molecule has 13 heteroatoms. The Morgan fingerprint density at radius 3 is 2.30 bits per heavy atom. The van der Waals surface area contributed by atoms with Crippen molar-refractivity contribution in [3.8, 4) is 0 Å². The molecule has 0 aromatic heterocycles. The zero-order valence-corrected chi connectivity index (χ0v) is 25.3. The zero-order valence-electron chi connectivity index (χ0n) is 23.8. The third-order valence-electron chi connectivity index (χ3n) is 8.30. The van der Waals surface area contributed by atoms with Crippen molar-refractivity contribution in [1.82, 2.24) is 0 Å². The predicted octanol–water partition coefficient (Wildman–Crippen LogP) is 5.22. The number of nitrogens with zero attached hydrogens (tertiary/aromatic N) is 1. The Morgan fingerprint density at radius 1 is 1.02 bits per heavy atom. The van der Waals surface area contributed by atoms with E-state index < -0.39 is 64.2 Å². The minimum atomic E-state index is -1.99. The molecule has 2 heterocycles. The molecule has 1 spiro atoms. The first kappa shape index (κ1) is 31.2. The van der Waals surface area contributed by atoms with Gasteiger partial charge in [0.05, 0.1) is 21.3 Å². The van der Waals surface area contributed by atoms with Crippen molar-refractivity contribution in [3.63, 3.8) is 0 Å². The number of nitrogens with one attached hydrogen (secondary N) is 1. The van der Waals surface area contributed by atoms with Crippen LogP contribution >= 0.6 is 23.2 Å². The van der Waals surface area contributed by atoms with Crippen LogP contribution in [0.5, 0.6) is 0 Å². The van der Waals surface area contributed by atoms with Crippen LogP contribution in [0, 0.1) is 17.0 Å². The number of aliphatic carboxylic acids is 1. The first-order chi connectivity index (χ1) is 20.5. The minimum absolute atomic E-state index is 0.0449. The van der Waals surface area contributed by atoms with E-state index in [2.05, 4.69) is 5.32 Å². The van der Waals surface area contributed by atoms with Gasteiger partial charge in [0.15, 0.2) is 0 Å². The Bertz CT molecular complexity index is 1760. The van der Waals surface area contributed by atoms with Crippen molar-refractivity contribution in [2.45, 2.75) is 50.6 Å². The van der Waals surface area contributed by atoms with E-state index >= 15 is 8.78 Å². The van der Waals surface area contributed by atoms with Gasteiger partial charge < -0.3 is 26.8 Å². The highest BCUT2D eigenvalue weighted by molar-refractivity contribution is 6.31. The second kappa shape index (κ2) is 10.7. The summed E-state index contributed by atoms with van der Waals surface area (Å²) in [6.07, 6.45) is 0.0611. The Labute approximate surface area is 261 Å². The van der Waals surface area contributed by atoms with Crippen molar-refractivity contribution in [1.29, 1.82) is 0 Å². The molecule has 4 atom stereocenters. The van der Waals surface area contributed by atoms with Crippen molar-refractivity contribution in [2.75, 3.05) is 10.2 Å². The summed E-state index contributed by atoms with van der Waals surface area (Å²) >= 11 is 12.3. The fraction of sp³-hybridized carbons (Fsp3) is 0.290. The van der Waals surface area contributed by atoms with Crippen LogP contribution < -0.4 is 21.7 Å². The van der Waals surface area contributed by atoms with E-state index in [4.69, 9.17) is 34.7 Å². The van der Waals surface area contributed by atoms with Crippen LogP contribution in [0.2, 0.25) is 10.0 Å². The maximum atomic E-state index is 16.0. The topological polar surface area (TPSA) is 156 Å². The highest BCUT2D eigenvalue weighted by Crippen LogP contribution is 2.61. The molecule has 3 aromatic carbocycles. The van der Waals surface area contributed by atoms with Gasteiger partial charge in [-0.2, -0.15) is 0 Å². The maximum Gasteiger partial charge on any atom is 0.327 e. The normalized spacial score (nSPS) is 22.7. The molecule has 0 radical (unpaired) electrons. The lowest BCUT2D eigenvalue weighted by Gasteiger charge is -2.40. The number of fused-ring (bicyclic) bond motifs is 2. The van der Waals surface area contributed by atoms with Crippen LogP contribution in [0.15, 0.2) is 48.5 Å². The van der Waals surface area contributed by atoms with E-state index in [1.807, 2.05) is 20.8 Å². The van der Waals surface area contributed by atoms with E-state index in [9.17, 15) is 24.3 Å². The monoisotopic (exact) mass is 644 g/mol. The largest absolute Gasteiger partial charge is 0.480 e. The van der Waals surface area contributed by atoms with Gasteiger partial charge in [-0.25, -0.2) is 13.6 Å². The van der Waals surface area contributed by atoms with Gasteiger partial charge in [-0.05, 0) is 59.4 Å². The van der Waals surface area contributed by atoms with Crippen molar-refractivity contribution < 1.29 is 33.1 Å². The second-order valence-electron chi connectivity index (χ2n) is 12.2. The number of rotatable bonds is 6. The standard InChI is InChI=1S/C31H28Cl2F2N4O5/c1-30(2,3)12-22-31(16-10-19(34)18(33)11-20(16)38-29(31)44)23(15-5-4-6-17(32)24(15)35)25(28(42)43)39(22)21-9-13(26(36)40)7-8-14(21)27(37)41/h4-11,22-23,25H,12H2,1-3H3,(H2,36,40)(H2,37,41)(H,38,44)(H,42,43)/t22-,23-,25+,31?/m0/s1. The lowest BCUT2D eigenvalue weighted by atomic mass is 9.62. The predicted molar refractivity (Wildman–Crippen MR) is 161 cm³/mol. The molecular formula is C31H28Cl2F2N4O5. The molecular weight excluding hydrogens is 617 g/mol. The molecule has 230 valence electrons. The Balaban J connectivity index is 1.99. The van der Waals surface area contributed by atoms with Crippen LogP contribution in [0.1, 0.15) is 65.0 Å². The summed E-state index contributed by atoms with van der Waals surface area (Å²) in [4.78, 5) is 54.2. The summed E-state index contributed by atoms with van der Waals surface area (Å²) in [6, 6.07) is 6.99. The number of benzene rings is 3. The number of carbonyl (C=O) groups excluding carboxylic acids is 3. The van der Waals surface area contributed by atoms with Crippen molar-refractivity contribution in [3.05, 3.63) is 92.5 Å². The lowest BCUT2D eigenvalue weighted by molar-refractivity contribution is -0.139. The van der Waals surface area contributed by atoms with E-state index in [1.165, 1.54) is 47.4 Å². The summed E-state index contributed by atoms with van der Waals surface area (Å²) in [5.41, 5.74) is 8.22. The molecule has 3 aromatic rings. The quantitative estimate of drug-likeness (QED) is 0.288. The van der Waals surface area contributed by atoms with Crippen LogP contribution in [0.4, 0.5) is 20.2 Å². The van der Waals surface area contributed by atoms with Gasteiger partial charge >= 0.3 is 5.97 Å². The molecule has 44 heavy (non-hydrogen) atoms. The Hall–Kier alpha value is -4.22. The molecule has 9 nitrogen and oxygen atoms in total. The molecule has 0 bridgehead atoms. The van der Waals surface area contributed by atoms with Gasteiger partial charge in [0.2, 0.25) is 11.8 Å². The number of primary amides is 2. The van der Waals surface area contributed by atoms with Crippen LogP contribution in [-0.4, -0.2) is 40.9 Å². The third-order valence-corrected chi connectivity index (χ3v) is 8.88. The molecule has 1 unspecified atom stereocenters. The second-order valence-corrected chi connectivity index (χ2v) is 13.0. The number of amides is 3. The molecule has 3 amide bonds. The first-order valence-corrected chi connectivity index (χ1v) is 14.3. The number of carboxylic acid groups (broad SMARTS) is 1. The summed E-state index contributed by atoms with van der Waals surface area (Å²) < 4.78 is 31.3. The molecule has 1 fully saturated rings. The van der Waals surface area contributed by atoms with Crippen LogP contribution in [-0.2, 0) is 15.0 Å². The average molecular weight is 645 g/mol. The fourth-order valence-corrected chi connectivity index (χ4v) is 7.06. The van der Waals surface area contributed by atoms with Crippen LogP contribution in [0.3, 0.4) is 0 Å². The molecule has 0 aliphatic carbocycles. The molecule has 1 saturated heterocycles. The number of carbonyl (C=O) groups is 4. The van der Waals surface area contributed by atoms with E-state index in [0.717, 1.165) is 6.07 Å². The molecule has 0 saturated carbocycles. The third kappa shape index (κ3) is 4.75. The highest BCUT2D eigenvalue weighted by atomic mass is 35.5. The molecule has 2 aliphatic heterocycles. The maximum absolute atomic E-state index is 16.0. The van der Waals surface area contributed by atoms with Crippen molar-refractivity contribution >= 4 is 58.3 Å². The number of nitrogens with two attached hydrogens (primary N) is 2. The van der Waals surface area contributed by atoms with Gasteiger partial charge in [-0.15, -0.1) is 0 Å².